The monoisotopic (exact) mass is 240 g/mol. The van der Waals surface area contributed by atoms with Crippen molar-refractivity contribution in [1.82, 2.24) is 0 Å². The second kappa shape index (κ2) is 3.96. The summed E-state index contributed by atoms with van der Waals surface area (Å²) in [7, 11) is 1.92. The number of hydrogen-bond acceptors (Lipinski definition) is 3. The van der Waals surface area contributed by atoms with Crippen molar-refractivity contribution in [3.05, 3.63) is 22.7 Å². The Morgan fingerprint density at radius 1 is 1.56 bits per heavy atom. The van der Waals surface area contributed by atoms with E-state index in [1.807, 2.05) is 18.9 Å². The van der Waals surface area contributed by atoms with Crippen molar-refractivity contribution in [2.24, 2.45) is 0 Å². The Labute approximate surface area is 98.8 Å². The van der Waals surface area contributed by atoms with E-state index in [0.717, 1.165) is 12.2 Å². The van der Waals surface area contributed by atoms with Gasteiger partial charge in [-0.05, 0) is 19.1 Å². The van der Waals surface area contributed by atoms with Crippen LogP contribution < -0.4 is 10.2 Å². The van der Waals surface area contributed by atoms with E-state index in [9.17, 15) is 9.90 Å². The lowest BCUT2D eigenvalue weighted by Crippen LogP contribution is -2.16. The molecule has 5 heteroatoms. The Balaban J connectivity index is 2.48. The lowest BCUT2D eigenvalue weighted by atomic mass is 10.1. The number of aliphatic hydroxyl groups is 1. The van der Waals surface area contributed by atoms with Gasteiger partial charge in [-0.3, -0.25) is 4.79 Å². The van der Waals surface area contributed by atoms with E-state index in [-0.39, 0.29) is 0 Å². The van der Waals surface area contributed by atoms with Gasteiger partial charge in [0.25, 0.3) is 5.91 Å². The first-order valence-corrected chi connectivity index (χ1v) is 5.46. The number of amides is 1. The third kappa shape index (κ3) is 1.64. The van der Waals surface area contributed by atoms with E-state index >= 15 is 0 Å². The van der Waals surface area contributed by atoms with Gasteiger partial charge in [0.1, 0.15) is 0 Å². The summed E-state index contributed by atoms with van der Waals surface area (Å²) in [4.78, 5) is 13.2. The number of benzene rings is 1. The first kappa shape index (κ1) is 11.2. The normalized spacial score (nSPS) is 18.2. The minimum Gasteiger partial charge on any atom is -0.378 e. The van der Waals surface area contributed by atoms with Crippen LogP contribution in [0.3, 0.4) is 0 Å². The third-order valence-electron chi connectivity index (χ3n) is 2.81. The van der Waals surface area contributed by atoms with E-state index in [1.165, 1.54) is 0 Å². The minimum absolute atomic E-state index is 0.401. The van der Waals surface area contributed by atoms with Gasteiger partial charge in [0.05, 0.1) is 10.7 Å². The predicted octanol–water partition coefficient (Wildman–Crippen LogP) is 1.78. The van der Waals surface area contributed by atoms with Gasteiger partial charge >= 0.3 is 0 Å². The van der Waals surface area contributed by atoms with Gasteiger partial charge in [-0.15, -0.1) is 0 Å². The van der Waals surface area contributed by atoms with Crippen LogP contribution in [0.1, 0.15) is 18.6 Å². The number of fused-ring (bicyclic) bond motifs is 1. The topological polar surface area (TPSA) is 52.6 Å². The highest BCUT2D eigenvalue weighted by Gasteiger charge is 2.29. The molecule has 1 aromatic rings. The number of carbonyl (C=O) groups excluding carboxylic acids is 1. The molecule has 86 valence electrons. The predicted molar refractivity (Wildman–Crippen MR) is 64.0 cm³/mol. The molecule has 2 N–H and O–H groups in total. The number of nitrogens with one attached hydrogen (secondary N) is 1. The lowest BCUT2D eigenvalue weighted by Gasteiger charge is -2.19. The molecule has 0 aliphatic carbocycles. The zero-order valence-corrected chi connectivity index (χ0v) is 9.88. The maximum atomic E-state index is 11.3. The summed E-state index contributed by atoms with van der Waals surface area (Å²) in [5, 5.41) is 12.7. The molecule has 0 saturated heterocycles. The summed E-state index contributed by atoms with van der Waals surface area (Å²) in [6.45, 7) is 2.83. The molecular weight excluding hydrogens is 228 g/mol. The Hall–Kier alpha value is -1.26. The maximum Gasteiger partial charge on any atom is 0.257 e. The fourth-order valence-electron chi connectivity index (χ4n) is 1.72. The molecule has 2 rings (SSSR count). The van der Waals surface area contributed by atoms with Crippen molar-refractivity contribution in [3.63, 3.8) is 0 Å². The first-order chi connectivity index (χ1) is 7.54. The average molecular weight is 241 g/mol. The van der Waals surface area contributed by atoms with E-state index in [4.69, 9.17) is 11.6 Å². The molecule has 0 bridgehead atoms. The highest BCUT2D eigenvalue weighted by atomic mass is 35.5. The number of aliphatic hydroxyl groups excluding tert-OH is 1. The van der Waals surface area contributed by atoms with Crippen molar-refractivity contribution in [2.45, 2.75) is 13.0 Å². The average Bonchev–Trinajstić information content (AvgIpc) is 2.53. The van der Waals surface area contributed by atoms with Crippen molar-refractivity contribution >= 4 is 28.9 Å². The Morgan fingerprint density at radius 3 is 2.88 bits per heavy atom. The smallest absolute Gasteiger partial charge is 0.257 e. The molecule has 1 amide bonds. The van der Waals surface area contributed by atoms with Crippen LogP contribution in [0, 0.1) is 0 Å². The van der Waals surface area contributed by atoms with E-state index < -0.39 is 12.0 Å². The SMILES string of the molecule is CCN(C)c1cc2c(cc1Cl)C(O)C(=O)N2. The summed E-state index contributed by atoms with van der Waals surface area (Å²) >= 11 is 6.10. The van der Waals surface area contributed by atoms with Crippen molar-refractivity contribution in [2.75, 3.05) is 23.8 Å². The molecule has 1 aliphatic heterocycles. The van der Waals surface area contributed by atoms with Crippen LogP contribution in [-0.4, -0.2) is 24.6 Å². The lowest BCUT2D eigenvalue weighted by molar-refractivity contribution is -0.123. The third-order valence-corrected chi connectivity index (χ3v) is 3.11. The molecule has 1 aliphatic rings. The van der Waals surface area contributed by atoms with Crippen LogP contribution in [0.25, 0.3) is 0 Å². The zero-order valence-electron chi connectivity index (χ0n) is 9.12. The van der Waals surface area contributed by atoms with E-state index in [0.29, 0.717) is 16.3 Å². The quantitative estimate of drug-likeness (QED) is 0.829. The van der Waals surface area contributed by atoms with Crippen molar-refractivity contribution in [3.8, 4) is 0 Å². The van der Waals surface area contributed by atoms with Crippen LogP contribution in [0.15, 0.2) is 12.1 Å². The largest absolute Gasteiger partial charge is 0.378 e. The Kier molecular flexibility index (Phi) is 2.78. The second-order valence-corrected chi connectivity index (χ2v) is 4.20. The van der Waals surface area contributed by atoms with Crippen molar-refractivity contribution < 1.29 is 9.90 Å². The first-order valence-electron chi connectivity index (χ1n) is 5.08. The van der Waals surface area contributed by atoms with Crippen LogP contribution in [0.5, 0.6) is 0 Å². The summed E-state index contributed by atoms with van der Waals surface area (Å²) in [6, 6.07) is 3.43. The number of hydrogen-bond donors (Lipinski definition) is 2. The Morgan fingerprint density at radius 2 is 2.25 bits per heavy atom. The van der Waals surface area contributed by atoms with Gasteiger partial charge in [-0.25, -0.2) is 0 Å². The number of nitrogens with zero attached hydrogens (tertiary/aromatic N) is 1. The van der Waals surface area contributed by atoms with Gasteiger partial charge < -0.3 is 15.3 Å². The molecule has 0 aromatic heterocycles. The molecule has 1 heterocycles. The van der Waals surface area contributed by atoms with Gasteiger partial charge in [0, 0.05) is 24.8 Å². The number of halogens is 1. The maximum absolute atomic E-state index is 11.3. The van der Waals surface area contributed by atoms with Crippen LogP contribution in [-0.2, 0) is 4.79 Å². The molecule has 1 atom stereocenters. The van der Waals surface area contributed by atoms with Gasteiger partial charge in [-0.2, -0.15) is 0 Å². The van der Waals surface area contributed by atoms with Crippen molar-refractivity contribution in [1.29, 1.82) is 0 Å². The van der Waals surface area contributed by atoms with Crippen LogP contribution in [0.2, 0.25) is 5.02 Å². The fraction of sp³-hybridized carbons (Fsp3) is 0.364. The van der Waals surface area contributed by atoms with Crippen LogP contribution in [0.4, 0.5) is 11.4 Å². The molecule has 0 radical (unpaired) electrons. The standard InChI is InChI=1S/C11H13ClN2O2/c1-3-14(2)9-5-8-6(4-7(9)12)10(15)11(16)13-8/h4-5,10,15H,3H2,1-2H3,(H,13,16). The van der Waals surface area contributed by atoms with Crippen LogP contribution >= 0.6 is 11.6 Å². The fourth-order valence-corrected chi connectivity index (χ4v) is 2.03. The number of anilines is 2. The summed E-state index contributed by atoms with van der Waals surface area (Å²) < 4.78 is 0. The molecule has 1 aromatic carbocycles. The van der Waals surface area contributed by atoms with Gasteiger partial charge in [0.2, 0.25) is 0 Å². The highest BCUT2D eigenvalue weighted by molar-refractivity contribution is 6.33. The number of rotatable bonds is 2. The highest BCUT2D eigenvalue weighted by Crippen LogP contribution is 2.38. The number of carbonyl (C=O) groups is 1. The Bertz CT molecular complexity index is 448. The minimum atomic E-state index is -1.10. The molecule has 4 nitrogen and oxygen atoms in total. The second-order valence-electron chi connectivity index (χ2n) is 3.80. The molecular formula is C11H13ClN2O2. The van der Waals surface area contributed by atoms with Gasteiger partial charge in [0.15, 0.2) is 6.10 Å². The molecule has 0 fully saturated rings. The zero-order chi connectivity index (χ0) is 11.9. The van der Waals surface area contributed by atoms with Gasteiger partial charge in [-0.1, -0.05) is 11.6 Å². The molecule has 1 unspecified atom stereocenters. The molecule has 0 saturated carbocycles. The summed E-state index contributed by atoms with van der Waals surface area (Å²) in [6.07, 6.45) is -1.10. The van der Waals surface area contributed by atoms with E-state index in [1.54, 1.807) is 12.1 Å². The molecule has 0 spiro atoms. The molecule has 16 heavy (non-hydrogen) atoms. The van der Waals surface area contributed by atoms with E-state index in [2.05, 4.69) is 5.32 Å². The summed E-state index contributed by atoms with van der Waals surface area (Å²) in [5.74, 6) is -0.401. The summed E-state index contributed by atoms with van der Waals surface area (Å²) in [5.41, 5.74) is 2.03.